The normalized spacial score (nSPS) is 13.1. The van der Waals surface area contributed by atoms with Crippen molar-refractivity contribution in [3.05, 3.63) is 0 Å². The Morgan fingerprint density at radius 2 is 1.75 bits per heavy atom. The molecule has 2 nitrogen and oxygen atoms in total. The van der Waals surface area contributed by atoms with E-state index in [1.807, 2.05) is 0 Å². The summed E-state index contributed by atoms with van der Waals surface area (Å²) in [6.45, 7) is 2.57. The van der Waals surface area contributed by atoms with Gasteiger partial charge in [-0.2, -0.15) is 13.2 Å². The smallest absolute Gasteiger partial charge is 0.389 e. The number of carboxylic acid groups (broad SMARTS) is 1. The molecule has 0 amide bonds. The van der Waals surface area contributed by atoms with Gasteiger partial charge in [0, 0.05) is 6.42 Å². The number of carboxylic acids is 1. The highest BCUT2D eigenvalue weighted by Gasteiger charge is 2.37. The molecule has 0 aromatic carbocycles. The number of hydrogen-bond donors (Lipinski definition) is 1. The summed E-state index contributed by atoms with van der Waals surface area (Å²) in [5, 5.41) is 8.28. The van der Waals surface area contributed by atoms with Gasteiger partial charge in [-0.1, -0.05) is 13.8 Å². The van der Waals surface area contributed by atoms with Crippen molar-refractivity contribution in [2.45, 2.75) is 32.9 Å². The zero-order valence-electron chi connectivity index (χ0n) is 6.90. The van der Waals surface area contributed by atoms with Crippen LogP contribution in [0.5, 0.6) is 0 Å². The first-order chi connectivity index (χ1) is 5.12. The third-order valence-electron chi connectivity index (χ3n) is 1.31. The van der Waals surface area contributed by atoms with E-state index in [0.29, 0.717) is 0 Å². The number of halogens is 3. The van der Waals surface area contributed by atoms with Crippen molar-refractivity contribution < 1.29 is 23.1 Å². The summed E-state index contributed by atoms with van der Waals surface area (Å²) in [5.74, 6) is -1.20. The quantitative estimate of drug-likeness (QED) is 0.731. The van der Waals surface area contributed by atoms with Crippen LogP contribution < -0.4 is 0 Å². The first-order valence-electron chi connectivity index (χ1n) is 3.41. The van der Waals surface area contributed by atoms with Crippen LogP contribution >= 0.6 is 0 Å². The molecule has 0 unspecified atom stereocenters. The first kappa shape index (κ1) is 11.3. The molecule has 0 aliphatic rings. The fourth-order valence-electron chi connectivity index (χ4n) is 1.01. The van der Waals surface area contributed by atoms with Crippen molar-refractivity contribution in [2.24, 2.45) is 5.41 Å². The topological polar surface area (TPSA) is 37.3 Å². The van der Waals surface area contributed by atoms with Crippen molar-refractivity contribution in [1.82, 2.24) is 0 Å². The molecule has 5 heteroatoms. The number of rotatable bonds is 3. The van der Waals surface area contributed by atoms with E-state index >= 15 is 0 Å². The van der Waals surface area contributed by atoms with Crippen molar-refractivity contribution in [1.29, 1.82) is 0 Å². The second-order valence-corrected chi connectivity index (χ2v) is 3.53. The largest absolute Gasteiger partial charge is 0.481 e. The van der Waals surface area contributed by atoms with Gasteiger partial charge in [-0.05, 0) is 5.41 Å². The standard InChI is InChI=1S/C7H11F3O2/c1-6(2,3-5(11)12)4-7(8,9)10/h3-4H2,1-2H3,(H,11,12). The molecule has 0 fully saturated rings. The zero-order chi connectivity index (χ0) is 9.99. The lowest BCUT2D eigenvalue weighted by Crippen LogP contribution is -2.24. The Morgan fingerprint density at radius 1 is 1.33 bits per heavy atom. The van der Waals surface area contributed by atoms with Gasteiger partial charge in [0.05, 0.1) is 6.42 Å². The average Bonchev–Trinajstić information content (AvgIpc) is 1.48. The first-order valence-corrected chi connectivity index (χ1v) is 3.41. The SMILES string of the molecule is CC(C)(CC(=O)O)CC(F)(F)F. The fraction of sp³-hybridized carbons (Fsp3) is 0.857. The lowest BCUT2D eigenvalue weighted by Gasteiger charge is -2.23. The Kier molecular flexibility index (Phi) is 3.12. The molecule has 0 aliphatic heterocycles. The summed E-state index contributed by atoms with van der Waals surface area (Å²) >= 11 is 0. The highest BCUT2D eigenvalue weighted by atomic mass is 19.4. The van der Waals surface area contributed by atoms with E-state index in [-0.39, 0.29) is 0 Å². The van der Waals surface area contributed by atoms with E-state index in [1.165, 1.54) is 13.8 Å². The molecule has 0 aliphatic carbocycles. The van der Waals surface area contributed by atoms with Gasteiger partial charge in [-0.25, -0.2) is 0 Å². The minimum Gasteiger partial charge on any atom is -0.481 e. The molecule has 0 aromatic rings. The van der Waals surface area contributed by atoms with E-state index in [9.17, 15) is 18.0 Å². The molecule has 72 valence electrons. The van der Waals surface area contributed by atoms with Crippen LogP contribution in [-0.2, 0) is 4.79 Å². The van der Waals surface area contributed by atoms with Crippen LogP contribution in [0.3, 0.4) is 0 Å². The average molecular weight is 184 g/mol. The summed E-state index contributed by atoms with van der Waals surface area (Å²) < 4.78 is 35.4. The number of hydrogen-bond acceptors (Lipinski definition) is 1. The van der Waals surface area contributed by atoms with Gasteiger partial charge >= 0.3 is 12.1 Å². The molecule has 0 radical (unpaired) electrons. The Hall–Kier alpha value is -0.740. The predicted octanol–water partition coefficient (Wildman–Crippen LogP) is 2.44. The third kappa shape index (κ3) is 6.00. The van der Waals surface area contributed by atoms with Crippen LogP contribution in [0.25, 0.3) is 0 Å². The Labute approximate surface area is 68.4 Å². The molecule has 0 aromatic heterocycles. The van der Waals surface area contributed by atoms with Gasteiger partial charge in [0.15, 0.2) is 0 Å². The van der Waals surface area contributed by atoms with E-state index in [0.717, 1.165) is 0 Å². The van der Waals surface area contributed by atoms with Crippen molar-refractivity contribution in [3.63, 3.8) is 0 Å². The Balaban J connectivity index is 4.13. The molecular formula is C7H11F3O2. The molecule has 0 spiro atoms. The summed E-state index contributed by atoms with van der Waals surface area (Å²) in [6, 6.07) is 0. The van der Waals surface area contributed by atoms with Crippen LogP contribution in [-0.4, -0.2) is 17.3 Å². The van der Waals surface area contributed by atoms with Gasteiger partial charge in [0.1, 0.15) is 0 Å². The van der Waals surface area contributed by atoms with E-state index in [2.05, 4.69) is 0 Å². The maximum Gasteiger partial charge on any atom is 0.389 e. The Bertz CT molecular complexity index is 172. The van der Waals surface area contributed by atoms with Gasteiger partial charge in [0.2, 0.25) is 0 Å². The highest BCUT2D eigenvalue weighted by molar-refractivity contribution is 5.67. The second-order valence-electron chi connectivity index (χ2n) is 3.53. The summed E-state index contributed by atoms with van der Waals surface area (Å²) in [4.78, 5) is 10.1. The van der Waals surface area contributed by atoms with Crippen LogP contribution in [0, 0.1) is 5.41 Å². The lowest BCUT2D eigenvalue weighted by atomic mass is 9.85. The Morgan fingerprint density at radius 3 is 2.00 bits per heavy atom. The van der Waals surface area contributed by atoms with Gasteiger partial charge in [-0.3, -0.25) is 4.79 Å². The van der Waals surface area contributed by atoms with Crippen LogP contribution in [0.15, 0.2) is 0 Å². The van der Waals surface area contributed by atoms with Crippen molar-refractivity contribution >= 4 is 5.97 Å². The number of carbonyl (C=O) groups is 1. The molecule has 0 heterocycles. The van der Waals surface area contributed by atoms with Gasteiger partial charge in [0.25, 0.3) is 0 Å². The predicted molar refractivity (Wildman–Crippen MR) is 36.7 cm³/mol. The summed E-state index contributed by atoms with van der Waals surface area (Å²) in [6.07, 6.45) is -5.82. The molecule has 0 saturated heterocycles. The van der Waals surface area contributed by atoms with E-state index < -0.39 is 30.4 Å². The minimum atomic E-state index is -4.29. The fourth-order valence-corrected chi connectivity index (χ4v) is 1.01. The molecule has 0 saturated carbocycles. The number of alkyl halides is 3. The molecular weight excluding hydrogens is 173 g/mol. The molecule has 0 atom stereocenters. The van der Waals surface area contributed by atoms with Crippen molar-refractivity contribution in [3.8, 4) is 0 Å². The molecule has 0 rings (SSSR count). The van der Waals surface area contributed by atoms with E-state index in [1.54, 1.807) is 0 Å². The maximum absolute atomic E-state index is 11.8. The molecule has 1 N–H and O–H groups in total. The maximum atomic E-state index is 11.8. The summed E-state index contributed by atoms with van der Waals surface area (Å²) in [7, 11) is 0. The van der Waals surface area contributed by atoms with Crippen LogP contribution in [0.2, 0.25) is 0 Å². The zero-order valence-corrected chi connectivity index (χ0v) is 6.90. The van der Waals surface area contributed by atoms with E-state index in [4.69, 9.17) is 5.11 Å². The number of aliphatic carboxylic acids is 1. The lowest BCUT2D eigenvalue weighted by molar-refractivity contribution is -0.160. The molecule has 12 heavy (non-hydrogen) atoms. The minimum absolute atomic E-state index is 0.466. The second kappa shape index (κ2) is 3.33. The van der Waals surface area contributed by atoms with Crippen LogP contribution in [0.1, 0.15) is 26.7 Å². The van der Waals surface area contributed by atoms with Gasteiger partial charge < -0.3 is 5.11 Å². The van der Waals surface area contributed by atoms with Crippen LogP contribution in [0.4, 0.5) is 13.2 Å². The molecule has 0 bridgehead atoms. The highest BCUT2D eigenvalue weighted by Crippen LogP contribution is 2.35. The third-order valence-corrected chi connectivity index (χ3v) is 1.31. The van der Waals surface area contributed by atoms with Crippen molar-refractivity contribution in [2.75, 3.05) is 0 Å². The monoisotopic (exact) mass is 184 g/mol. The van der Waals surface area contributed by atoms with Gasteiger partial charge in [-0.15, -0.1) is 0 Å². The summed E-state index contributed by atoms with van der Waals surface area (Å²) in [5.41, 5.74) is -1.22.